The fraction of sp³-hybridized carbons (Fsp3) is 0.706. The highest BCUT2D eigenvalue weighted by molar-refractivity contribution is 6.33. The van der Waals surface area contributed by atoms with Crippen molar-refractivity contribution in [2.75, 3.05) is 11.4 Å². The topological polar surface area (TPSA) is 28.2 Å². The zero-order valence-electron chi connectivity index (χ0n) is 13.5. The van der Waals surface area contributed by atoms with Crippen molar-refractivity contribution >= 4 is 17.4 Å². The third-order valence-electron chi connectivity index (χ3n) is 4.22. The molecule has 118 valence electrons. The molecule has 3 nitrogen and oxygen atoms in total. The first-order valence-corrected chi connectivity index (χ1v) is 8.64. The highest BCUT2D eigenvalue weighted by Crippen LogP contribution is 2.30. The minimum atomic E-state index is 0.470. The van der Waals surface area contributed by atoms with E-state index in [2.05, 4.69) is 42.0 Å². The standard InChI is InChI=1S/C17H28ClN3/c1-4-21(15-8-6-5-7-9-15)17-16(18)10-14(12-20-17)11-19-13(2)3/h10,12-13,15,19H,4-9,11H2,1-3H3. The lowest BCUT2D eigenvalue weighted by molar-refractivity contribution is 0.416. The molecule has 0 unspecified atom stereocenters. The molecule has 0 radical (unpaired) electrons. The van der Waals surface area contributed by atoms with Crippen LogP contribution in [0.25, 0.3) is 0 Å². The average molecular weight is 310 g/mol. The Morgan fingerprint density at radius 3 is 2.62 bits per heavy atom. The maximum atomic E-state index is 6.51. The molecule has 1 N–H and O–H groups in total. The SMILES string of the molecule is CCN(c1ncc(CNC(C)C)cc1Cl)C1CCCCC1. The van der Waals surface area contributed by atoms with Crippen LogP contribution in [0.3, 0.4) is 0 Å². The van der Waals surface area contributed by atoms with Crippen LogP contribution in [0.15, 0.2) is 12.3 Å². The summed E-state index contributed by atoms with van der Waals surface area (Å²) in [4.78, 5) is 7.05. The lowest BCUT2D eigenvalue weighted by Gasteiger charge is -2.35. The maximum Gasteiger partial charge on any atom is 0.147 e. The Bertz CT molecular complexity index is 442. The predicted molar refractivity (Wildman–Crippen MR) is 91.1 cm³/mol. The van der Waals surface area contributed by atoms with Crippen molar-refractivity contribution in [3.63, 3.8) is 0 Å². The Kier molecular flexibility index (Phi) is 6.31. The van der Waals surface area contributed by atoms with E-state index in [1.165, 1.54) is 32.1 Å². The Labute approximate surface area is 134 Å². The van der Waals surface area contributed by atoms with Gasteiger partial charge in [-0.15, -0.1) is 0 Å². The summed E-state index contributed by atoms with van der Waals surface area (Å²) in [5.41, 5.74) is 1.15. The zero-order chi connectivity index (χ0) is 15.2. The molecule has 1 saturated carbocycles. The fourth-order valence-electron chi connectivity index (χ4n) is 3.07. The number of nitrogens with zero attached hydrogens (tertiary/aromatic N) is 2. The van der Waals surface area contributed by atoms with Gasteiger partial charge in [0.1, 0.15) is 5.82 Å². The van der Waals surface area contributed by atoms with Crippen LogP contribution in [-0.4, -0.2) is 23.6 Å². The molecule has 1 aliphatic rings. The van der Waals surface area contributed by atoms with Crippen molar-refractivity contribution in [1.29, 1.82) is 0 Å². The van der Waals surface area contributed by atoms with Crippen LogP contribution >= 0.6 is 11.6 Å². The summed E-state index contributed by atoms with van der Waals surface area (Å²) >= 11 is 6.51. The van der Waals surface area contributed by atoms with Crippen LogP contribution in [0.2, 0.25) is 5.02 Å². The summed E-state index contributed by atoms with van der Waals surface area (Å²) in [5.74, 6) is 0.958. The van der Waals surface area contributed by atoms with E-state index in [1.54, 1.807) is 0 Å². The van der Waals surface area contributed by atoms with Crippen LogP contribution in [0, 0.1) is 0 Å². The van der Waals surface area contributed by atoms with Crippen molar-refractivity contribution < 1.29 is 0 Å². The van der Waals surface area contributed by atoms with Crippen LogP contribution in [0.5, 0.6) is 0 Å². The average Bonchev–Trinajstić information content (AvgIpc) is 2.49. The number of anilines is 1. The molecule has 0 spiro atoms. The number of pyridine rings is 1. The minimum Gasteiger partial charge on any atom is -0.353 e. The van der Waals surface area contributed by atoms with Gasteiger partial charge in [0.2, 0.25) is 0 Å². The smallest absolute Gasteiger partial charge is 0.147 e. The molecule has 0 aliphatic heterocycles. The van der Waals surface area contributed by atoms with Gasteiger partial charge >= 0.3 is 0 Å². The molecule has 1 fully saturated rings. The molecule has 1 aromatic heterocycles. The monoisotopic (exact) mass is 309 g/mol. The summed E-state index contributed by atoms with van der Waals surface area (Å²) in [6, 6.07) is 3.14. The quantitative estimate of drug-likeness (QED) is 0.844. The number of aromatic nitrogens is 1. The highest BCUT2D eigenvalue weighted by atomic mass is 35.5. The molecular weight excluding hydrogens is 282 g/mol. The number of hydrogen-bond acceptors (Lipinski definition) is 3. The molecule has 1 aliphatic carbocycles. The van der Waals surface area contributed by atoms with Gasteiger partial charge in [-0.2, -0.15) is 0 Å². The van der Waals surface area contributed by atoms with E-state index < -0.39 is 0 Å². The Morgan fingerprint density at radius 2 is 2.05 bits per heavy atom. The van der Waals surface area contributed by atoms with E-state index in [-0.39, 0.29) is 0 Å². The summed E-state index contributed by atoms with van der Waals surface area (Å²) < 4.78 is 0. The Balaban J connectivity index is 2.10. The largest absolute Gasteiger partial charge is 0.353 e. The van der Waals surface area contributed by atoms with E-state index in [9.17, 15) is 0 Å². The summed E-state index contributed by atoms with van der Waals surface area (Å²) in [6.45, 7) is 8.28. The number of hydrogen-bond donors (Lipinski definition) is 1. The molecule has 2 rings (SSSR count). The lowest BCUT2D eigenvalue weighted by atomic mass is 9.94. The number of rotatable bonds is 6. The van der Waals surface area contributed by atoms with Crippen LogP contribution in [0.1, 0.15) is 58.4 Å². The van der Waals surface area contributed by atoms with Gasteiger partial charge in [0.05, 0.1) is 5.02 Å². The Morgan fingerprint density at radius 1 is 1.33 bits per heavy atom. The summed E-state index contributed by atoms with van der Waals surface area (Å²) in [6.07, 6.45) is 8.52. The number of nitrogens with one attached hydrogen (secondary N) is 1. The molecule has 1 heterocycles. The van der Waals surface area contributed by atoms with Crippen LogP contribution in [0.4, 0.5) is 5.82 Å². The van der Waals surface area contributed by atoms with Gasteiger partial charge < -0.3 is 10.2 Å². The van der Waals surface area contributed by atoms with Gasteiger partial charge in [-0.05, 0) is 31.4 Å². The fourth-order valence-corrected chi connectivity index (χ4v) is 3.37. The van der Waals surface area contributed by atoms with Gasteiger partial charge in [-0.3, -0.25) is 0 Å². The van der Waals surface area contributed by atoms with Gasteiger partial charge in [0.15, 0.2) is 0 Å². The molecule has 0 aromatic carbocycles. The summed E-state index contributed by atoms with van der Waals surface area (Å²) in [5, 5.41) is 4.19. The minimum absolute atomic E-state index is 0.470. The van der Waals surface area contributed by atoms with Crippen molar-refractivity contribution in [3.05, 3.63) is 22.8 Å². The second kappa shape index (κ2) is 8.00. The molecule has 0 atom stereocenters. The van der Waals surface area contributed by atoms with Gasteiger partial charge in [0.25, 0.3) is 0 Å². The van der Waals surface area contributed by atoms with E-state index >= 15 is 0 Å². The first kappa shape index (κ1) is 16.6. The maximum absolute atomic E-state index is 6.51. The third kappa shape index (κ3) is 4.58. The number of halogens is 1. The second-order valence-corrected chi connectivity index (χ2v) is 6.67. The zero-order valence-corrected chi connectivity index (χ0v) is 14.3. The van der Waals surface area contributed by atoms with E-state index in [4.69, 9.17) is 11.6 Å². The van der Waals surface area contributed by atoms with Gasteiger partial charge in [-0.1, -0.05) is 44.7 Å². The van der Waals surface area contributed by atoms with Crippen molar-refractivity contribution in [2.45, 2.75) is 71.5 Å². The predicted octanol–water partition coefficient (Wildman–Crippen LogP) is 4.39. The third-order valence-corrected chi connectivity index (χ3v) is 4.50. The first-order valence-electron chi connectivity index (χ1n) is 8.26. The molecule has 21 heavy (non-hydrogen) atoms. The molecule has 1 aromatic rings. The van der Waals surface area contributed by atoms with E-state index in [1.807, 2.05) is 6.20 Å². The van der Waals surface area contributed by atoms with E-state index in [0.717, 1.165) is 29.5 Å². The molecule has 0 saturated heterocycles. The Hall–Kier alpha value is -0.800. The van der Waals surface area contributed by atoms with E-state index in [0.29, 0.717) is 12.1 Å². The summed E-state index contributed by atoms with van der Waals surface area (Å²) in [7, 11) is 0. The van der Waals surface area contributed by atoms with Gasteiger partial charge in [0, 0.05) is 31.4 Å². The normalized spacial score (nSPS) is 16.4. The van der Waals surface area contributed by atoms with Crippen LogP contribution in [-0.2, 0) is 6.54 Å². The highest BCUT2D eigenvalue weighted by Gasteiger charge is 2.22. The lowest BCUT2D eigenvalue weighted by Crippen LogP contribution is -2.37. The van der Waals surface area contributed by atoms with Crippen molar-refractivity contribution in [2.24, 2.45) is 0 Å². The van der Waals surface area contributed by atoms with Crippen molar-refractivity contribution in [1.82, 2.24) is 10.3 Å². The first-order chi connectivity index (χ1) is 10.1. The van der Waals surface area contributed by atoms with Crippen molar-refractivity contribution in [3.8, 4) is 0 Å². The molecular formula is C17H28ClN3. The van der Waals surface area contributed by atoms with Gasteiger partial charge in [-0.25, -0.2) is 4.98 Å². The molecule has 0 bridgehead atoms. The molecule has 4 heteroatoms. The second-order valence-electron chi connectivity index (χ2n) is 6.26. The van der Waals surface area contributed by atoms with Crippen LogP contribution < -0.4 is 10.2 Å². The molecule has 0 amide bonds.